The van der Waals surface area contributed by atoms with Crippen molar-refractivity contribution in [2.45, 2.75) is 18.1 Å². The molecular formula is C35H30N4O. The largest absolute Gasteiger partial charge is 0.496 e. The minimum absolute atomic E-state index is 0.0703. The van der Waals surface area contributed by atoms with E-state index < -0.39 is 5.66 Å². The van der Waals surface area contributed by atoms with E-state index in [0.29, 0.717) is 6.42 Å². The van der Waals surface area contributed by atoms with E-state index in [1.165, 1.54) is 0 Å². The molecule has 0 aliphatic carbocycles. The predicted molar refractivity (Wildman–Crippen MR) is 163 cm³/mol. The Morgan fingerprint density at radius 1 is 0.725 bits per heavy atom. The third-order valence-electron chi connectivity index (χ3n) is 7.87. The lowest BCUT2D eigenvalue weighted by Crippen LogP contribution is -2.54. The fraction of sp³-hybridized carbons (Fsp3) is 0.114. The fourth-order valence-corrected chi connectivity index (χ4v) is 6.13. The van der Waals surface area contributed by atoms with Gasteiger partial charge in [-0.25, -0.2) is 5.01 Å². The normalized spacial score (nSPS) is 19.6. The zero-order chi connectivity index (χ0) is 26.9. The lowest BCUT2D eigenvalue weighted by atomic mass is 9.86. The lowest BCUT2D eigenvalue weighted by Gasteiger charge is -2.45. The summed E-state index contributed by atoms with van der Waals surface area (Å²) in [4.78, 5) is 2.43. The molecule has 1 N–H and O–H groups in total. The van der Waals surface area contributed by atoms with Crippen LogP contribution in [-0.4, -0.2) is 12.9 Å². The van der Waals surface area contributed by atoms with Gasteiger partial charge in [0.1, 0.15) is 5.75 Å². The molecule has 0 amide bonds. The number of nitrogens with zero attached hydrogens (tertiary/aromatic N) is 3. The number of anilines is 3. The fourth-order valence-electron chi connectivity index (χ4n) is 6.13. The number of ether oxygens (including phenoxy) is 1. The number of methoxy groups -OCH3 is 1. The summed E-state index contributed by atoms with van der Waals surface area (Å²) < 4.78 is 5.88. The highest BCUT2D eigenvalue weighted by atomic mass is 16.5. The summed E-state index contributed by atoms with van der Waals surface area (Å²) in [5.41, 5.74) is 5.80. The van der Waals surface area contributed by atoms with Gasteiger partial charge in [0.15, 0.2) is 11.5 Å². The van der Waals surface area contributed by atoms with Crippen molar-refractivity contribution in [2.24, 2.45) is 5.10 Å². The van der Waals surface area contributed by atoms with Crippen LogP contribution >= 0.6 is 0 Å². The summed E-state index contributed by atoms with van der Waals surface area (Å²) in [6.07, 6.45) is 0.695. The van der Waals surface area contributed by atoms with Gasteiger partial charge in [-0.3, -0.25) is 4.90 Å². The maximum absolute atomic E-state index is 5.88. The number of hydrazone groups is 1. The molecule has 2 atom stereocenters. The molecule has 0 bridgehead atoms. The molecule has 0 saturated carbocycles. The maximum atomic E-state index is 5.88. The van der Waals surface area contributed by atoms with Crippen molar-refractivity contribution in [2.75, 3.05) is 22.3 Å². The van der Waals surface area contributed by atoms with E-state index in [1.807, 2.05) is 18.2 Å². The van der Waals surface area contributed by atoms with Gasteiger partial charge in [-0.1, -0.05) is 109 Å². The molecule has 5 nitrogen and oxygen atoms in total. The molecule has 2 heterocycles. The highest BCUT2D eigenvalue weighted by Crippen LogP contribution is 2.54. The Morgan fingerprint density at radius 2 is 1.35 bits per heavy atom. The van der Waals surface area contributed by atoms with Gasteiger partial charge in [0.2, 0.25) is 0 Å². The standard InChI is InChI=1S/C35H30N4O/c1-40-33-24-14-11-21-29(33)31-25-35(27-17-7-3-8-18-27)38(32-23-13-12-22-30(32)36-31)34(26-15-5-2-6-16-26)37-39(35)28-19-9-4-10-20-28/h2-24,31,36H,25H2,1H3. The second kappa shape index (κ2) is 9.93. The molecule has 5 heteroatoms. The second-order valence-corrected chi connectivity index (χ2v) is 10.1. The number of hydrogen-bond acceptors (Lipinski definition) is 5. The third kappa shape index (κ3) is 3.82. The number of benzene rings is 5. The Balaban J connectivity index is 1.56. The Labute approximate surface area is 235 Å². The number of rotatable bonds is 5. The predicted octanol–water partition coefficient (Wildman–Crippen LogP) is 7.79. The van der Waals surface area contributed by atoms with E-state index in [1.54, 1.807) is 7.11 Å². The van der Waals surface area contributed by atoms with Crippen LogP contribution in [0.4, 0.5) is 17.1 Å². The van der Waals surface area contributed by atoms with Crippen molar-refractivity contribution in [3.05, 3.63) is 156 Å². The molecule has 40 heavy (non-hydrogen) atoms. The first-order chi connectivity index (χ1) is 19.8. The van der Waals surface area contributed by atoms with Gasteiger partial charge in [-0.2, -0.15) is 5.10 Å². The summed E-state index contributed by atoms with van der Waals surface area (Å²) in [6, 6.07) is 48.5. The van der Waals surface area contributed by atoms with E-state index in [9.17, 15) is 0 Å². The van der Waals surface area contributed by atoms with E-state index in [2.05, 4.69) is 137 Å². The molecule has 0 fully saturated rings. The van der Waals surface area contributed by atoms with Crippen molar-refractivity contribution >= 4 is 22.9 Å². The van der Waals surface area contributed by atoms with Crippen LogP contribution in [0.2, 0.25) is 0 Å². The minimum atomic E-state index is -0.682. The van der Waals surface area contributed by atoms with E-state index in [0.717, 1.165) is 45.3 Å². The van der Waals surface area contributed by atoms with E-state index in [-0.39, 0.29) is 6.04 Å². The number of amidine groups is 1. The summed E-state index contributed by atoms with van der Waals surface area (Å²) in [6.45, 7) is 0. The van der Waals surface area contributed by atoms with Crippen molar-refractivity contribution in [1.29, 1.82) is 0 Å². The number of nitrogens with one attached hydrogen (secondary N) is 1. The molecule has 2 aliphatic heterocycles. The van der Waals surface area contributed by atoms with Gasteiger partial charge in [0, 0.05) is 23.1 Å². The minimum Gasteiger partial charge on any atom is -0.496 e. The van der Waals surface area contributed by atoms with Crippen LogP contribution < -0.4 is 20.0 Å². The third-order valence-corrected chi connectivity index (χ3v) is 7.87. The van der Waals surface area contributed by atoms with Gasteiger partial charge in [-0.15, -0.1) is 0 Å². The van der Waals surface area contributed by atoms with Gasteiger partial charge in [0.25, 0.3) is 0 Å². The van der Waals surface area contributed by atoms with Crippen LogP contribution in [-0.2, 0) is 5.66 Å². The van der Waals surface area contributed by atoms with Crippen molar-refractivity contribution in [1.82, 2.24) is 0 Å². The maximum Gasteiger partial charge on any atom is 0.168 e. The van der Waals surface area contributed by atoms with Crippen molar-refractivity contribution in [3.8, 4) is 5.75 Å². The molecule has 0 aromatic heterocycles. The first kappa shape index (κ1) is 24.0. The quantitative estimate of drug-likeness (QED) is 0.256. The van der Waals surface area contributed by atoms with E-state index in [4.69, 9.17) is 9.84 Å². The number of para-hydroxylation sites is 4. The first-order valence-corrected chi connectivity index (χ1v) is 13.6. The smallest absolute Gasteiger partial charge is 0.168 e. The van der Waals surface area contributed by atoms with Crippen LogP contribution in [0, 0.1) is 0 Å². The molecule has 0 radical (unpaired) electrons. The second-order valence-electron chi connectivity index (χ2n) is 10.1. The van der Waals surface area contributed by atoms with Crippen LogP contribution in [0.25, 0.3) is 0 Å². The number of fused-ring (bicyclic) bond motifs is 3. The molecule has 2 unspecified atom stereocenters. The highest BCUT2D eigenvalue weighted by molar-refractivity contribution is 6.15. The number of hydrogen-bond donors (Lipinski definition) is 1. The molecule has 5 aromatic rings. The van der Waals surface area contributed by atoms with Crippen molar-refractivity contribution < 1.29 is 4.74 Å². The van der Waals surface area contributed by atoms with Crippen molar-refractivity contribution in [3.63, 3.8) is 0 Å². The van der Waals surface area contributed by atoms with Crippen LogP contribution in [0.5, 0.6) is 5.75 Å². The average Bonchev–Trinajstić information content (AvgIpc) is 3.29. The Hall–Kier alpha value is -5.03. The zero-order valence-corrected chi connectivity index (χ0v) is 22.3. The van der Waals surface area contributed by atoms with Gasteiger partial charge < -0.3 is 10.1 Å². The summed E-state index contributed by atoms with van der Waals surface area (Å²) in [7, 11) is 1.74. The van der Waals surface area contributed by atoms with Gasteiger partial charge >= 0.3 is 0 Å². The summed E-state index contributed by atoms with van der Waals surface area (Å²) in [5, 5.41) is 11.6. The molecule has 196 valence electrons. The highest BCUT2D eigenvalue weighted by Gasteiger charge is 2.55. The first-order valence-electron chi connectivity index (χ1n) is 13.6. The van der Waals surface area contributed by atoms with Crippen LogP contribution in [0.15, 0.2) is 145 Å². The Bertz CT molecular complexity index is 1660. The van der Waals surface area contributed by atoms with Gasteiger partial charge in [-0.05, 0) is 30.3 Å². The molecule has 7 rings (SSSR count). The Kier molecular flexibility index (Phi) is 5.97. The molecule has 0 spiro atoms. The zero-order valence-electron chi connectivity index (χ0n) is 22.3. The van der Waals surface area contributed by atoms with Crippen LogP contribution in [0.3, 0.4) is 0 Å². The average molecular weight is 523 g/mol. The topological polar surface area (TPSA) is 40.1 Å². The lowest BCUT2D eigenvalue weighted by molar-refractivity contribution is 0.373. The molecule has 0 saturated heterocycles. The molecular weight excluding hydrogens is 492 g/mol. The SMILES string of the molecule is COc1ccccc1C1CC2(c3ccccc3)N(c3ccccc3)N=C(c3ccccc3)N2c2ccccc2N1. The molecule has 5 aromatic carbocycles. The summed E-state index contributed by atoms with van der Waals surface area (Å²) in [5.74, 6) is 1.77. The summed E-state index contributed by atoms with van der Waals surface area (Å²) >= 11 is 0. The molecule has 2 aliphatic rings. The van der Waals surface area contributed by atoms with Gasteiger partial charge in [0.05, 0.1) is 30.2 Å². The monoisotopic (exact) mass is 522 g/mol. The Morgan fingerprint density at radius 3 is 2.10 bits per heavy atom. The van der Waals surface area contributed by atoms with Crippen LogP contribution in [0.1, 0.15) is 29.2 Å². The van der Waals surface area contributed by atoms with E-state index >= 15 is 0 Å².